The first-order valence-electron chi connectivity index (χ1n) is 14.4. The van der Waals surface area contributed by atoms with Gasteiger partial charge >= 0.3 is 0 Å². The third kappa shape index (κ3) is 5.67. The van der Waals surface area contributed by atoms with E-state index >= 15 is 0 Å². The fourth-order valence-corrected chi connectivity index (χ4v) is 5.12. The molecule has 0 saturated carbocycles. The van der Waals surface area contributed by atoms with Crippen LogP contribution in [0.1, 0.15) is 18.9 Å². The van der Waals surface area contributed by atoms with Crippen molar-refractivity contribution in [1.82, 2.24) is 0 Å². The van der Waals surface area contributed by atoms with Crippen LogP contribution in [0.25, 0.3) is 44.7 Å². The number of rotatable bonds is 9. The summed E-state index contributed by atoms with van der Waals surface area (Å²) in [6.45, 7) is 1.76. The van der Waals surface area contributed by atoms with Crippen LogP contribution in [0.5, 0.6) is 11.5 Å². The molecule has 8 heteroatoms. The Hall–Kier alpha value is -6.07. The van der Waals surface area contributed by atoms with Crippen molar-refractivity contribution in [2.75, 3.05) is 12.4 Å². The lowest BCUT2D eigenvalue weighted by Gasteiger charge is -2.18. The van der Waals surface area contributed by atoms with E-state index in [1.165, 1.54) is 0 Å². The SMILES string of the molecule is CCC(Oc1c(-c2ccc(OC)cc2)oc2ccccc2c1=O)C(=O)Nc1oc(-c2ccccc2)c(-c2ccccc2)c1C#N. The van der Waals surface area contributed by atoms with Crippen molar-refractivity contribution in [1.29, 1.82) is 5.26 Å². The number of nitrogens with one attached hydrogen (secondary N) is 1. The summed E-state index contributed by atoms with van der Waals surface area (Å²) in [5.41, 5.74) is 2.78. The molecule has 45 heavy (non-hydrogen) atoms. The summed E-state index contributed by atoms with van der Waals surface area (Å²) in [5, 5.41) is 13.3. The van der Waals surface area contributed by atoms with Gasteiger partial charge in [0.05, 0.1) is 12.5 Å². The highest BCUT2D eigenvalue weighted by atomic mass is 16.5. The van der Waals surface area contributed by atoms with Gasteiger partial charge in [-0.2, -0.15) is 5.26 Å². The standard InChI is InChI=1S/C37H28N2O6/c1-3-29(43-35-32(40)27-16-10-11-17-30(27)44-34(35)25-18-20-26(42-2)21-19-25)36(41)39-37-28(22-38)31(23-12-6-4-7-13-23)33(45-37)24-14-8-5-9-15-24/h4-21,29H,3H2,1-2H3,(H,39,41). The Labute approximate surface area is 259 Å². The average Bonchev–Trinajstić information content (AvgIpc) is 3.46. The quantitative estimate of drug-likeness (QED) is 0.179. The van der Waals surface area contributed by atoms with Crippen molar-refractivity contribution in [2.45, 2.75) is 19.4 Å². The van der Waals surface area contributed by atoms with E-state index in [0.29, 0.717) is 33.6 Å². The number of para-hydroxylation sites is 1. The van der Waals surface area contributed by atoms with Crippen LogP contribution in [0, 0.1) is 11.3 Å². The molecule has 6 rings (SSSR count). The molecule has 0 aliphatic carbocycles. The molecule has 1 amide bonds. The maximum Gasteiger partial charge on any atom is 0.267 e. The van der Waals surface area contributed by atoms with E-state index in [1.54, 1.807) is 62.6 Å². The highest BCUT2D eigenvalue weighted by Gasteiger charge is 2.29. The number of nitriles is 1. The van der Waals surface area contributed by atoms with E-state index in [0.717, 1.165) is 11.1 Å². The van der Waals surface area contributed by atoms with Crippen LogP contribution in [0.3, 0.4) is 0 Å². The maximum absolute atomic E-state index is 13.8. The zero-order chi connectivity index (χ0) is 31.3. The molecule has 4 aromatic carbocycles. The molecule has 1 unspecified atom stereocenters. The van der Waals surface area contributed by atoms with E-state index in [1.807, 2.05) is 60.7 Å². The Morgan fingerprint density at radius 2 is 1.44 bits per heavy atom. The molecule has 8 nitrogen and oxygen atoms in total. The van der Waals surface area contributed by atoms with Gasteiger partial charge in [-0.25, -0.2) is 0 Å². The molecule has 0 aliphatic rings. The second-order valence-corrected chi connectivity index (χ2v) is 10.2. The summed E-state index contributed by atoms with van der Waals surface area (Å²) >= 11 is 0. The minimum atomic E-state index is -1.12. The summed E-state index contributed by atoms with van der Waals surface area (Å²) in [5.74, 6) is 0.557. The lowest BCUT2D eigenvalue weighted by atomic mass is 9.98. The second kappa shape index (κ2) is 12.7. The summed E-state index contributed by atoms with van der Waals surface area (Å²) in [7, 11) is 1.56. The van der Waals surface area contributed by atoms with Gasteiger partial charge in [-0.3, -0.25) is 14.9 Å². The van der Waals surface area contributed by atoms with Crippen molar-refractivity contribution in [3.05, 3.63) is 125 Å². The molecule has 6 aromatic rings. The zero-order valence-electron chi connectivity index (χ0n) is 24.6. The van der Waals surface area contributed by atoms with Crippen LogP contribution in [-0.4, -0.2) is 19.1 Å². The lowest BCUT2D eigenvalue weighted by Crippen LogP contribution is -2.34. The van der Waals surface area contributed by atoms with Crippen molar-refractivity contribution < 1.29 is 23.1 Å². The normalized spacial score (nSPS) is 11.5. The summed E-state index contributed by atoms with van der Waals surface area (Å²) in [4.78, 5) is 27.5. The molecule has 0 saturated heterocycles. The average molecular weight is 597 g/mol. The van der Waals surface area contributed by atoms with Gasteiger partial charge in [0, 0.05) is 16.7 Å². The molecule has 1 atom stereocenters. The van der Waals surface area contributed by atoms with Gasteiger partial charge < -0.3 is 18.3 Å². The highest BCUT2D eigenvalue weighted by molar-refractivity contribution is 5.98. The Balaban J connectivity index is 1.39. The number of anilines is 1. The van der Waals surface area contributed by atoms with Crippen LogP contribution in [0.15, 0.2) is 123 Å². The number of methoxy groups -OCH3 is 1. The third-order valence-corrected chi connectivity index (χ3v) is 7.39. The molecule has 2 heterocycles. The van der Waals surface area contributed by atoms with Crippen molar-refractivity contribution in [3.8, 4) is 51.3 Å². The summed E-state index contributed by atoms with van der Waals surface area (Å²) < 4.78 is 23.8. The van der Waals surface area contributed by atoms with Crippen molar-refractivity contribution in [3.63, 3.8) is 0 Å². The lowest BCUT2D eigenvalue weighted by molar-refractivity contribution is -0.123. The molecule has 2 aromatic heterocycles. The van der Waals surface area contributed by atoms with Gasteiger partial charge in [0.15, 0.2) is 11.9 Å². The van der Waals surface area contributed by atoms with Crippen LogP contribution in [0.4, 0.5) is 5.88 Å². The fraction of sp³-hybridized carbons (Fsp3) is 0.108. The smallest absolute Gasteiger partial charge is 0.267 e. The van der Waals surface area contributed by atoms with Gasteiger partial charge in [0.1, 0.15) is 28.7 Å². The predicted molar refractivity (Wildman–Crippen MR) is 172 cm³/mol. The molecule has 222 valence electrons. The first-order chi connectivity index (χ1) is 22.0. The van der Waals surface area contributed by atoms with E-state index in [4.69, 9.17) is 18.3 Å². The number of carbonyl (C=O) groups is 1. The first-order valence-corrected chi connectivity index (χ1v) is 14.4. The Kier molecular flexibility index (Phi) is 8.16. The first kappa shape index (κ1) is 29.0. The second-order valence-electron chi connectivity index (χ2n) is 10.2. The van der Waals surface area contributed by atoms with E-state index in [2.05, 4.69) is 11.4 Å². The Morgan fingerprint density at radius 3 is 2.09 bits per heavy atom. The number of hydrogen-bond donors (Lipinski definition) is 1. The number of hydrogen-bond acceptors (Lipinski definition) is 7. The molecular weight excluding hydrogens is 568 g/mol. The molecule has 1 N–H and O–H groups in total. The number of nitrogens with zero attached hydrogens (tertiary/aromatic N) is 1. The predicted octanol–water partition coefficient (Wildman–Crippen LogP) is 8.06. The summed E-state index contributed by atoms with van der Waals surface area (Å²) in [6.07, 6.45) is -0.914. The van der Waals surface area contributed by atoms with Crippen LogP contribution in [0.2, 0.25) is 0 Å². The number of carbonyl (C=O) groups excluding carboxylic acids is 1. The topological polar surface area (TPSA) is 115 Å². The summed E-state index contributed by atoms with van der Waals surface area (Å²) in [6, 6.07) is 34.8. The number of fused-ring (bicyclic) bond motifs is 1. The van der Waals surface area contributed by atoms with Gasteiger partial charge in [-0.15, -0.1) is 0 Å². The highest BCUT2D eigenvalue weighted by Crippen LogP contribution is 2.41. The molecule has 0 fully saturated rings. The van der Waals surface area contributed by atoms with E-state index in [-0.39, 0.29) is 29.4 Å². The Morgan fingerprint density at radius 1 is 0.822 bits per heavy atom. The van der Waals surface area contributed by atoms with Crippen LogP contribution < -0.4 is 20.2 Å². The van der Waals surface area contributed by atoms with Gasteiger partial charge in [-0.05, 0) is 48.4 Å². The third-order valence-electron chi connectivity index (χ3n) is 7.39. The molecule has 0 spiro atoms. The Bertz CT molecular complexity index is 2070. The van der Waals surface area contributed by atoms with Crippen LogP contribution in [-0.2, 0) is 4.79 Å². The van der Waals surface area contributed by atoms with Gasteiger partial charge in [0.2, 0.25) is 17.1 Å². The van der Waals surface area contributed by atoms with E-state index in [9.17, 15) is 14.9 Å². The minimum Gasteiger partial charge on any atom is -0.497 e. The monoisotopic (exact) mass is 596 g/mol. The van der Waals surface area contributed by atoms with Gasteiger partial charge in [0.25, 0.3) is 5.91 Å². The fourth-order valence-electron chi connectivity index (χ4n) is 5.12. The molecule has 0 bridgehead atoms. The number of ether oxygens (including phenoxy) is 2. The number of amides is 1. The van der Waals surface area contributed by atoms with Crippen LogP contribution >= 0.6 is 0 Å². The minimum absolute atomic E-state index is 0.0109. The molecular formula is C37H28N2O6. The molecule has 0 aliphatic heterocycles. The van der Waals surface area contributed by atoms with Crippen molar-refractivity contribution in [2.24, 2.45) is 0 Å². The molecule has 0 radical (unpaired) electrons. The zero-order valence-corrected chi connectivity index (χ0v) is 24.6. The van der Waals surface area contributed by atoms with Crippen molar-refractivity contribution >= 4 is 22.8 Å². The number of furan rings is 1. The van der Waals surface area contributed by atoms with E-state index < -0.39 is 17.4 Å². The maximum atomic E-state index is 13.8. The number of benzene rings is 4. The van der Waals surface area contributed by atoms with Gasteiger partial charge in [-0.1, -0.05) is 79.7 Å². The largest absolute Gasteiger partial charge is 0.497 e.